The van der Waals surface area contributed by atoms with Gasteiger partial charge in [-0.25, -0.2) is 4.98 Å². The zero-order valence-electron chi connectivity index (χ0n) is 15.7. The molecule has 0 spiro atoms. The number of fused-ring (bicyclic) bond motifs is 2. The maximum absolute atomic E-state index is 10.3. The van der Waals surface area contributed by atoms with Crippen LogP contribution in [0.5, 0.6) is 0 Å². The number of halogens is 1. The number of nitrogens with zero attached hydrogens (tertiary/aromatic N) is 4. The molecule has 29 heavy (non-hydrogen) atoms. The minimum absolute atomic E-state index is 0.0306. The lowest BCUT2D eigenvalue weighted by atomic mass is 10.1. The molecule has 1 aromatic carbocycles. The molecule has 0 bridgehead atoms. The lowest BCUT2D eigenvalue weighted by Crippen LogP contribution is -2.35. The molecule has 8 heteroatoms. The molecule has 7 nitrogen and oxygen atoms in total. The number of nitrogens with one attached hydrogen (secondary N) is 1. The number of pyridine rings is 1. The monoisotopic (exact) mass is 409 g/mol. The number of aliphatic hydroxyl groups excluding tert-OH is 2. The Hall–Kier alpha value is -2.74. The molecule has 148 valence electrons. The molecule has 0 unspecified atom stereocenters. The maximum Gasteiger partial charge on any atom is 0.157 e. The summed E-state index contributed by atoms with van der Waals surface area (Å²) < 4.78 is 1.72. The largest absolute Gasteiger partial charge is 0.390 e. The van der Waals surface area contributed by atoms with E-state index in [9.17, 15) is 10.2 Å². The van der Waals surface area contributed by atoms with E-state index < -0.39 is 12.2 Å². The number of hydrogen-bond acceptors (Lipinski definition) is 6. The van der Waals surface area contributed by atoms with E-state index in [2.05, 4.69) is 15.3 Å². The first-order valence-electron chi connectivity index (χ1n) is 9.53. The molecule has 4 atom stereocenters. The minimum atomic E-state index is -0.822. The molecule has 3 N–H and O–H groups in total. The molecular weight excluding hydrogens is 390 g/mol. The van der Waals surface area contributed by atoms with Gasteiger partial charge in [-0.2, -0.15) is 9.61 Å². The molecule has 5 rings (SSSR count). The third kappa shape index (κ3) is 3.11. The average Bonchev–Trinajstić information content (AvgIpc) is 3.25. The van der Waals surface area contributed by atoms with Crippen molar-refractivity contribution >= 4 is 34.0 Å². The second-order valence-corrected chi connectivity index (χ2v) is 8.03. The third-order valence-electron chi connectivity index (χ3n) is 5.64. The molecule has 0 amide bonds. The van der Waals surface area contributed by atoms with Crippen LogP contribution in [-0.4, -0.2) is 48.0 Å². The number of rotatable bonds is 3. The lowest BCUT2D eigenvalue weighted by Gasteiger charge is -2.19. The fourth-order valence-electron chi connectivity index (χ4n) is 4.07. The van der Waals surface area contributed by atoms with Crippen molar-refractivity contribution in [2.45, 2.75) is 31.6 Å². The number of aromatic nitrogens is 4. The molecule has 3 heterocycles. The van der Waals surface area contributed by atoms with Gasteiger partial charge in [0.1, 0.15) is 11.9 Å². The van der Waals surface area contributed by atoms with E-state index in [1.807, 2.05) is 43.3 Å². The van der Waals surface area contributed by atoms with E-state index in [0.717, 1.165) is 22.2 Å². The molecule has 4 aromatic rings. The molecule has 1 aliphatic rings. The number of aliphatic hydroxyl groups is 2. The Kier molecular flexibility index (Phi) is 4.38. The van der Waals surface area contributed by atoms with Crippen LogP contribution in [0.15, 0.2) is 48.8 Å². The van der Waals surface area contributed by atoms with Gasteiger partial charge in [0.2, 0.25) is 0 Å². The van der Waals surface area contributed by atoms with E-state index >= 15 is 0 Å². The maximum atomic E-state index is 10.3. The quantitative estimate of drug-likeness (QED) is 0.481. The zero-order chi connectivity index (χ0) is 20.1. The van der Waals surface area contributed by atoms with Crippen LogP contribution in [-0.2, 0) is 0 Å². The summed E-state index contributed by atoms with van der Waals surface area (Å²) in [5, 5.41) is 30.0. The Balaban J connectivity index is 1.56. The van der Waals surface area contributed by atoms with E-state index in [0.29, 0.717) is 22.9 Å². The van der Waals surface area contributed by atoms with Crippen molar-refractivity contribution < 1.29 is 10.2 Å². The van der Waals surface area contributed by atoms with Crippen LogP contribution >= 0.6 is 11.6 Å². The molecule has 1 fully saturated rings. The normalized spacial score (nSPS) is 24.4. The summed E-state index contributed by atoms with van der Waals surface area (Å²) in [5.41, 5.74) is 3.19. The van der Waals surface area contributed by atoms with Gasteiger partial charge in [-0.15, -0.1) is 0 Å². The van der Waals surface area contributed by atoms with Crippen LogP contribution < -0.4 is 5.32 Å². The highest BCUT2D eigenvalue weighted by Gasteiger charge is 2.39. The fraction of sp³-hybridized carbons (Fsp3) is 0.286. The lowest BCUT2D eigenvalue weighted by molar-refractivity contribution is 0.0210. The summed E-state index contributed by atoms with van der Waals surface area (Å²) in [6, 6.07) is 11.0. The topological polar surface area (TPSA) is 95.6 Å². The second kappa shape index (κ2) is 6.95. The molecule has 0 saturated heterocycles. The van der Waals surface area contributed by atoms with Crippen LogP contribution in [0.1, 0.15) is 13.3 Å². The highest BCUT2D eigenvalue weighted by molar-refractivity contribution is 6.31. The summed E-state index contributed by atoms with van der Waals surface area (Å²) in [4.78, 5) is 8.81. The SMILES string of the molecule is C[C@@H]1C[C@@H](Nc2ccnc3cc(-c4ccnc5cc(Cl)ccc45)nn23)[C@H](O)[C@@H]1O. The number of benzene rings is 1. The summed E-state index contributed by atoms with van der Waals surface area (Å²) in [6.45, 7) is 1.94. The Bertz CT molecular complexity index is 1210. The van der Waals surface area contributed by atoms with Crippen molar-refractivity contribution in [2.75, 3.05) is 5.32 Å². The second-order valence-electron chi connectivity index (χ2n) is 7.59. The average molecular weight is 410 g/mol. The summed E-state index contributed by atoms with van der Waals surface area (Å²) in [6.07, 6.45) is 2.57. The molecule has 0 radical (unpaired) electrons. The Morgan fingerprint density at radius 2 is 1.90 bits per heavy atom. The first kappa shape index (κ1) is 18.3. The van der Waals surface area contributed by atoms with Crippen LogP contribution in [0, 0.1) is 5.92 Å². The highest BCUT2D eigenvalue weighted by Crippen LogP contribution is 2.31. The van der Waals surface area contributed by atoms with Gasteiger partial charge in [-0.3, -0.25) is 4.98 Å². The van der Waals surface area contributed by atoms with Gasteiger partial charge < -0.3 is 15.5 Å². The van der Waals surface area contributed by atoms with E-state index in [-0.39, 0.29) is 12.0 Å². The predicted octanol–water partition coefficient (Wildman–Crippen LogP) is 3.14. The van der Waals surface area contributed by atoms with Gasteiger partial charge in [-0.1, -0.05) is 24.6 Å². The van der Waals surface area contributed by atoms with Crippen LogP contribution in [0.2, 0.25) is 5.02 Å². The molecule has 0 aliphatic heterocycles. The van der Waals surface area contributed by atoms with Crippen molar-refractivity contribution in [2.24, 2.45) is 5.92 Å². The summed E-state index contributed by atoms with van der Waals surface area (Å²) in [7, 11) is 0. The van der Waals surface area contributed by atoms with Crippen molar-refractivity contribution in [3.8, 4) is 11.3 Å². The third-order valence-corrected chi connectivity index (χ3v) is 5.88. The van der Waals surface area contributed by atoms with Gasteiger partial charge in [0, 0.05) is 34.4 Å². The summed E-state index contributed by atoms with van der Waals surface area (Å²) >= 11 is 6.10. The van der Waals surface area contributed by atoms with Crippen molar-refractivity contribution in [3.05, 3.63) is 53.8 Å². The van der Waals surface area contributed by atoms with Gasteiger partial charge in [0.25, 0.3) is 0 Å². The van der Waals surface area contributed by atoms with Crippen molar-refractivity contribution in [1.82, 2.24) is 19.6 Å². The van der Waals surface area contributed by atoms with Gasteiger partial charge in [-0.05, 0) is 36.6 Å². The van der Waals surface area contributed by atoms with E-state index in [1.54, 1.807) is 16.9 Å². The Morgan fingerprint density at radius 3 is 2.69 bits per heavy atom. The van der Waals surface area contributed by atoms with Crippen LogP contribution in [0.25, 0.3) is 27.8 Å². The Morgan fingerprint density at radius 1 is 1.07 bits per heavy atom. The van der Waals surface area contributed by atoms with Gasteiger partial charge >= 0.3 is 0 Å². The van der Waals surface area contributed by atoms with Gasteiger partial charge in [0.05, 0.1) is 23.4 Å². The first-order valence-corrected chi connectivity index (χ1v) is 9.91. The van der Waals surface area contributed by atoms with Crippen LogP contribution in [0.3, 0.4) is 0 Å². The van der Waals surface area contributed by atoms with E-state index in [1.165, 1.54) is 0 Å². The van der Waals surface area contributed by atoms with E-state index in [4.69, 9.17) is 16.7 Å². The fourth-order valence-corrected chi connectivity index (χ4v) is 4.24. The molecule has 3 aromatic heterocycles. The zero-order valence-corrected chi connectivity index (χ0v) is 16.5. The van der Waals surface area contributed by atoms with Crippen molar-refractivity contribution in [3.63, 3.8) is 0 Å². The van der Waals surface area contributed by atoms with Crippen molar-refractivity contribution in [1.29, 1.82) is 0 Å². The smallest absolute Gasteiger partial charge is 0.157 e. The first-order chi connectivity index (χ1) is 14.0. The molecule has 1 aliphatic carbocycles. The van der Waals surface area contributed by atoms with Crippen LogP contribution in [0.4, 0.5) is 5.82 Å². The standard InChI is InChI=1S/C21H20ClN5O2/c1-11-8-17(21(29)20(11)28)25-18-5-7-24-19-10-16(26-27(18)19)14-4-6-23-15-9-12(22)2-3-13(14)15/h2-7,9-11,17,20-21,25,28-29H,8H2,1H3/t11-,17-,20-,21+/m1/s1. The highest BCUT2D eigenvalue weighted by atomic mass is 35.5. The number of anilines is 1. The Labute approximate surface area is 172 Å². The minimum Gasteiger partial charge on any atom is -0.390 e. The molecule has 1 saturated carbocycles. The number of hydrogen-bond donors (Lipinski definition) is 3. The summed E-state index contributed by atoms with van der Waals surface area (Å²) in [5.74, 6) is 0.746. The molecular formula is C21H20ClN5O2. The van der Waals surface area contributed by atoms with Gasteiger partial charge in [0.15, 0.2) is 5.65 Å². The predicted molar refractivity (Wildman–Crippen MR) is 112 cm³/mol.